The van der Waals surface area contributed by atoms with Crippen LogP contribution in [-0.4, -0.2) is 24.0 Å². The molecule has 0 amide bonds. The van der Waals surface area contributed by atoms with Gasteiger partial charge in [-0.2, -0.15) is 13.2 Å². The lowest BCUT2D eigenvalue weighted by Crippen LogP contribution is -2.25. The lowest BCUT2D eigenvalue weighted by molar-refractivity contribution is -0.156. The number of ether oxygens (including phenoxy) is 1. The summed E-state index contributed by atoms with van der Waals surface area (Å²) in [6.07, 6.45) is -7.19. The largest absolute Gasteiger partial charge is 0.490 e. The van der Waals surface area contributed by atoms with Gasteiger partial charge in [-0.1, -0.05) is 12.1 Å². The molecule has 16 heavy (non-hydrogen) atoms. The molecule has 1 aromatic carbocycles. The topological polar surface area (TPSA) is 29.5 Å². The van der Waals surface area contributed by atoms with E-state index >= 15 is 0 Å². The Labute approximate surface area is 99.2 Å². The van der Waals surface area contributed by atoms with E-state index in [-0.39, 0.29) is 6.61 Å². The molecule has 0 aromatic heterocycles. The van der Waals surface area contributed by atoms with Gasteiger partial charge in [0, 0.05) is 0 Å². The molecule has 1 N–H and O–H groups in total. The molecule has 0 radical (unpaired) electrons. The number of rotatable bonds is 4. The third-order valence-corrected chi connectivity index (χ3v) is 2.39. The van der Waals surface area contributed by atoms with Gasteiger partial charge in [0.15, 0.2) is 0 Å². The second kappa shape index (κ2) is 5.54. The van der Waals surface area contributed by atoms with E-state index in [4.69, 9.17) is 9.84 Å². The Balaban J connectivity index is 2.43. The highest BCUT2D eigenvalue weighted by atomic mass is 79.9. The van der Waals surface area contributed by atoms with Crippen molar-refractivity contribution in [3.05, 3.63) is 28.7 Å². The van der Waals surface area contributed by atoms with Gasteiger partial charge in [0.2, 0.25) is 0 Å². The van der Waals surface area contributed by atoms with Crippen molar-refractivity contribution in [2.45, 2.75) is 18.7 Å². The molecule has 1 atom stereocenters. The quantitative estimate of drug-likeness (QED) is 0.925. The van der Waals surface area contributed by atoms with E-state index in [1.807, 2.05) is 0 Å². The average molecular weight is 299 g/mol. The van der Waals surface area contributed by atoms with Crippen LogP contribution in [0.25, 0.3) is 0 Å². The summed E-state index contributed by atoms with van der Waals surface area (Å²) >= 11 is 3.18. The fraction of sp³-hybridized carbons (Fsp3) is 0.400. The second-order valence-corrected chi connectivity index (χ2v) is 4.07. The smallest absolute Gasteiger partial charge is 0.391 e. The predicted octanol–water partition coefficient (Wildman–Crippen LogP) is 3.14. The molecule has 0 fully saturated rings. The maximum atomic E-state index is 11.9. The summed E-state index contributed by atoms with van der Waals surface area (Å²) in [6, 6.07) is 6.75. The van der Waals surface area contributed by atoms with Gasteiger partial charge >= 0.3 is 6.18 Å². The first kappa shape index (κ1) is 13.3. The molecule has 2 nitrogen and oxygen atoms in total. The van der Waals surface area contributed by atoms with E-state index in [9.17, 15) is 13.2 Å². The van der Waals surface area contributed by atoms with Crippen molar-refractivity contribution in [2.75, 3.05) is 6.61 Å². The van der Waals surface area contributed by atoms with Crippen LogP contribution in [0, 0.1) is 0 Å². The summed E-state index contributed by atoms with van der Waals surface area (Å²) in [5, 5.41) is 9.08. The molecule has 6 heteroatoms. The number of aliphatic hydroxyl groups is 1. The van der Waals surface area contributed by atoms with E-state index in [0.29, 0.717) is 10.2 Å². The zero-order valence-electron chi connectivity index (χ0n) is 8.17. The van der Waals surface area contributed by atoms with Crippen molar-refractivity contribution in [1.29, 1.82) is 0 Å². The van der Waals surface area contributed by atoms with Gasteiger partial charge in [0.05, 0.1) is 17.0 Å². The van der Waals surface area contributed by atoms with Crippen LogP contribution in [-0.2, 0) is 0 Å². The van der Waals surface area contributed by atoms with Crippen molar-refractivity contribution in [1.82, 2.24) is 0 Å². The van der Waals surface area contributed by atoms with E-state index < -0.39 is 18.7 Å². The van der Waals surface area contributed by atoms with E-state index in [1.165, 1.54) is 0 Å². The van der Waals surface area contributed by atoms with Crippen molar-refractivity contribution in [3.63, 3.8) is 0 Å². The monoisotopic (exact) mass is 298 g/mol. The van der Waals surface area contributed by atoms with E-state index in [0.717, 1.165) is 0 Å². The highest BCUT2D eigenvalue weighted by Crippen LogP contribution is 2.25. The average Bonchev–Trinajstić information content (AvgIpc) is 2.14. The zero-order valence-corrected chi connectivity index (χ0v) is 9.75. The number of hydrogen-bond donors (Lipinski definition) is 1. The van der Waals surface area contributed by atoms with Crippen LogP contribution in [0.15, 0.2) is 28.7 Å². The van der Waals surface area contributed by atoms with Crippen molar-refractivity contribution >= 4 is 15.9 Å². The summed E-state index contributed by atoms with van der Waals surface area (Å²) in [6.45, 7) is -0.387. The third-order valence-electron chi connectivity index (χ3n) is 1.73. The zero-order chi connectivity index (χ0) is 12.2. The highest BCUT2D eigenvalue weighted by molar-refractivity contribution is 9.10. The Kier molecular flexibility index (Phi) is 4.61. The lowest BCUT2D eigenvalue weighted by atomic mass is 10.2. The minimum absolute atomic E-state index is 0.387. The van der Waals surface area contributed by atoms with Crippen LogP contribution >= 0.6 is 15.9 Å². The van der Waals surface area contributed by atoms with E-state index in [1.54, 1.807) is 24.3 Å². The number of benzene rings is 1. The number of hydrogen-bond acceptors (Lipinski definition) is 2. The fourth-order valence-corrected chi connectivity index (χ4v) is 1.47. The number of aliphatic hydroxyl groups excluding tert-OH is 1. The first-order valence-electron chi connectivity index (χ1n) is 4.50. The van der Waals surface area contributed by atoms with Crippen LogP contribution in [0.4, 0.5) is 13.2 Å². The molecular formula is C10H10BrF3O2. The molecule has 90 valence electrons. The summed E-state index contributed by atoms with van der Waals surface area (Å²) in [5.41, 5.74) is 0. The van der Waals surface area contributed by atoms with Gasteiger partial charge in [0.1, 0.15) is 12.4 Å². The molecular weight excluding hydrogens is 289 g/mol. The van der Waals surface area contributed by atoms with Gasteiger partial charge < -0.3 is 9.84 Å². The van der Waals surface area contributed by atoms with E-state index in [2.05, 4.69) is 15.9 Å². The molecule has 0 saturated carbocycles. The number of alkyl halides is 3. The molecule has 0 aliphatic rings. The summed E-state index contributed by atoms with van der Waals surface area (Å²) in [4.78, 5) is 0. The first-order valence-corrected chi connectivity index (χ1v) is 5.30. The van der Waals surface area contributed by atoms with Gasteiger partial charge in [0.25, 0.3) is 0 Å². The lowest BCUT2D eigenvalue weighted by Gasteiger charge is -2.14. The van der Waals surface area contributed by atoms with Crippen molar-refractivity contribution in [2.24, 2.45) is 0 Å². The van der Waals surface area contributed by atoms with Crippen molar-refractivity contribution in [3.8, 4) is 5.75 Å². The normalized spacial score (nSPS) is 13.6. The maximum absolute atomic E-state index is 11.9. The van der Waals surface area contributed by atoms with Crippen LogP contribution in [0.3, 0.4) is 0 Å². The van der Waals surface area contributed by atoms with Crippen LogP contribution in [0.1, 0.15) is 6.42 Å². The van der Waals surface area contributed by atoms with Crippen LogP contribution in [0.5, 0.6) is 5.75 Å². The SMILES string of the molecule is OC(COc1ccccc1Br)CC(F)(F)F. The Hall–Kier alpha value is -0.750. The molecule has 0 heterocycles. The number of halogens is 4. The van der Waals surface area contributed by atoms with Gasteiger partial charge in [-0.3, -0.25) is 0 Å². The van der Waals surface area contributed by atoms with Gasteiger partial charge in [-0.05, 0) is 28.1 Å². The van der Waals surface area contributed by atoms with Crippen LogP contribution in [0.2, 0.25) is 0 Å². The molecule has 0 bridgehead atoms. The maximum Gasteiger partial charge on any atom is 0.391 e. The molecule has 0 saturated heterocycles. The Bertz CT molecular complexity index is 341. The second-order valence-electron chi connectivity index (χ2n) is 3.21. The Morgan fingerprint density at radius 3 is 2.50 bits per heavy atom. The molecule has 1 rings (SSSR count). The van der Waals surface area contributed by atoms with Crippen LogP contribution < -0.4 is 4.74 Å². The summed E-state index contributed by atoms with van der Waals surface area (Å²) in [5.74, 6) is 0.406. The standard InChI is InChI=1S/C10H10BrF3O2/c11-8-3-1-2-4-9(8)16-6-7(15)5-10(12,13)14/h1-4,7,15H,5-6H2. The minimum atomic E-state index is -4.38. The Morgan fingerprint density at radius 1 is 1.31 bits per heavy atom. The van der Waals surface area contributed by atoms with Gasteiger partial charge in [-0.25, -0.2) is 0 Å². The molecule has 1 unspecified atom stereocenters. The fourth-order valence-electron chi connectivity index (χ4n) is 1.07. The van der Waals surface area contributed by atoms with Crippen molar-refractivity contribution < 1.29 is 23.0 Å². The first-order chi connectivity index (χ1) is 7.38. The molecule has 0 aliphatic heterocycles. The third kappa shape index (κ3) is 4.85. The summed E-state index contributed by atoms with van der Waals surface area (Å²) in [7, 11) is 0. The van der Waals surface area contributed by atoms with Gasteiger partial charge in [-0.15, -0.1) is 0 Å². The minimum Gasteiger partial charge on any atom is -0.490 e. The molecule has 1 aromatic rings. The Morgan fingerprint density at radius 2 is 1.94 bits per heavy atom. The highest BCUT2D eigenvalue weighted by Gasteiger charge is 2.31. The number of para-hydroxylation sites is 1. The summed E-state index contributed by atoms with van der Waals surface area (Å²) < 4.78 is 41.3. The molecule has 0 spiro atoms. The predicted molar refractivity (Wildman–Crippen MR) is 56.3 cm³/mol. The molecule has 0 aliphatic carbocycles.